The lowest BCUT2D eigenvalue weighted by molar-refractivity contribution is -0.140. The summed E-state index contributed by atoms with van der Waals surface area (Å²) >= 11 is 0. The van der Waals surface area contributed by atoms with E-state index in [0.717, 1.165) is 11.3 Å². The van der Waals surface area contributed by atoms with E-state index in [1.807, 2.05) is 56.0 Å². The number of hydrogen-bond acceptors (Lipinski definition) is 4. The lowest BCUT2D eigenvalue weighted by Crippen LogP contribution is -2.57. The first-order chi connectivity index (χ1) is 17.1. The van der Waals surface area contributed by atoms with Gasteiger partial charge in [0.25, 0.3) is 5.91 Å². The highest BCUT2D eigenvalue weighted by atomic mass is 19.1. The number of piperidine rings is 1. The highest BCUT2D eigenvalue weighted by Crippen LogP contribution is 2.39. The molecule has 2 fully saturated rings. The number of halogens is 1. The Kier molecular flexibility index (Phi) is 7.33. The van der Waals surface area contributed by atoms with Gasteiger partial charge in [0.2, 0.25) is 11.8 Å². The second kappa shape index (κ2) is 10.3. The molecule has 1 N–H and O–H groups in total. The van der Waals surface area contributed by atoms with Crippen molar-refractivity contribution in [3.05, 3.63) is 66.0 Å². The summed E-state index contributed by atoms with van der Waals surface area (Å²) in [7, 11) is 0. The molecule has 2 aliphatic rings. The van der Waals surface area contributed by atoms with Gasteiger partial charge in [0.1, 0.15) is 17.9 Å². The zero-order chi connectivity index (χ0) is 25.9. The van der Waals surface area contributed by atoms with E-state index in [1.165, 1.54) is 12.1 Å². The predicted octanol–water partition coefficient (Wildman–Crippen LogP) is 3.55. The van der Waals surface area contributed by atoms with Gasteiger partial charge in [-0.1, -0.05) is 51.1 Å². The van der Waals surface area contributed by atoms with Crippen molar-refractivity contribution in [1.29, 1.82) is 0 Å². The molecule has 0 aliphatic carbocycles. The van der Waals surface area contributed by atoms with Crippen molar-refractivity contribution in [2.45, 2.75) is 52.1 Å². The van der Waals surface area contributed by atoms with Crippen LogP contribution in [0.5, 0.6) is 0 Å². The minimum absolute atomic E-state index is 0.0578. The highest BCUT2D eigenvalue weighted by Gasteiger charge is 2.54. The Morgan fingerprint density at radius 3 is 2.25 bits per heavy atom. The summed E-state index contributed by atoms with van der Waals surface area (Å²) in [5, 5.41) is 2.83. The minimum atomic E-state index is -0.781. The molecule has 8 heteroatoms. The van der Waals surface area contributed by atoms with Gasteiger partial charge in [-0.25, -0.2) is 4.39 Å². The van der Waals surface area contributed by atoms with Gasteiger partial charge >= 0.3 is 0 Å². The monoisotopic (exact) mass is 494 g/mol. The lowest BCUT2D eigenvalue weighted by Gasteiger charge is -2.43. The van der Waals surface area contributed by atoms with Crippen molar-refractivity contribution in [3.63, 3.8) is 0 Å². The van der Waals surface area contributed by atoms with Crippen molar-refractivity contribution >= 4 is 23.4 Å². The van der Waals surface area contributed by atoms with Crippen LogP contribution in [0.25, 0.3) is 0 Å². The molecule has 36 heavy (non-hydrogen) atoms. The lowest BCUT2D eigenvalue weighted by atomic mass is 9.84. The van der Waals surface area contributed by atoms with Crippen LogP contribution in [-0.4, -0.2) is 59.4 Å². The Balaban J connectivity index is 1.46. The maximum absolute atomic E-state index is 13.8. The van der Waals surface area contributed by atoms with Crippen LogP contribution in [0.4, 0.5) is 10.1 Å². The number of benzene rings is 2. The number of likely N-dealkylation sites (tertiary alicyclic amines) is 1. The first-order valence-corrected chi connectivity index (χ1v) is 12.5. The average Bonchev–Trinajstić information content (AvgIpc) is 3.09. The van der Waals surface area contributed by atoms with Crippen LogP contribution in [0.3, 0.4) is 0 Å². The van der Waals surface area contributed by atoms with E-state index in [-0.39, 0.29) is 42.0 Å². The van der Waals surface area contributed by atoms with E-state index in [2.05, 4.69) is 10.2 Å². The third-order valence-corrected chi connectivity index (χ3v) is 6.94. The van der Waals surface area contributed by atoms with Gasteiger partial charge in [0.05, 0.1) is 6.67 Å². The third-order valence-electron chi connectivity index (χ3n) is 6.94. The number of nitrogens with one attached hydrogen (secondary N) is 1. The van der Waals surface area contributed by atoms with E-state index in [0.29, 0.717) is 39.0 Å². The van der Waals surface area contributed by atoms with Gasteiger partial charge in [-0.2, -0.15) is 0 Å². The van der Waals surface area contributed by atoms with E-state index in [9.17, 15) is 18.8 Å². The molecule has 2 heterocycles. The summed E-state index contributed by atoms with van der Waals surface area (Å²) in [5.41, 5.74) is 0.836. The smallest absolute Gasteiger partial charge is 0.250 e. The predicted molar refractivity (Wildman–Crippen MR) is 136 cm³/mol. The van der Waals surface area contributed by atoms with E-state index < -0.39 is 5.54 Å². The fraction of sp³-hybridized carbons (Fsp3) is 0.464. The number of anilines is 1. The quantitative estimate of drug-likeness (QED) is 0.667. The topological polar surface area (TPSA) is 73.0 Å². The van der Waals surface area contributed by atoms with Crippen molar-refractivity contribution in [2.24, 2.45) is 5.41 Å². The van der Waals surface area contributed by atoms with E-state index in [1.54, 1.807) is 17.0 Å². The molecule has 0 atom stereocenters. The Hall–Kier alpha value is -3.42. The number of rotatable bonds is 6. The Morgan fingerprint density at radius 1 is 1.00 bits per heavy atom. The number of hydrogen-bond donors (Lipinski definition) is 1. The number of carbonyl (C=O) groups is 3. The number of carbonyl (C=O) groups excluding carboxylic acids is 3. The molecule has 0 aromatic heterocycles. The maximum Gasteiger partial charge on any atom is 0.250 e. The maximum atomic E-state index is 13.8. The molecule has 2 aliphatic heterocycles. The zero-order valence-electron chi connectivity index (χ0n) is 21.3. The number of amides is 3. The summed E-state index contributed by atoms with van der Waals surface area (Å²) in [6.07, 6.45) is 1.51. The summed E-state index contributed by atoms with van der Waals surface area (Å²) in [6, 6.07) is 15.7. The molecule has 2 saturated heterocycles. The van der Waals surface area contributed by atoms with Gasteiger partial charge < -0.3 is 20.0 Å². The Morgan fingerprint density at radius 2 is 1.64 bits per heavy atom. The molecule has 2 aromatic carbocycles. The largest absolute Gasteiger partial charge is 0.350 e. The molecule has 0 saturated carbocycles. The molecular weight excluding hydrogens is 459 g/mol. The van der Waals surface area contributed by atoms with Crippen molar-refractivity contribution in [2.75, 3.05) is 31.2 Å². The fourth-order valence-corrected chi connectivity index (χ4v) is 5.05. The standard InChI is InChI=1S/C28H35FN4O3/c1-27(2,3)17-25(35)31-15-13-28(14-16-31)26(36)32(20-33(28)23-7-5-4-6-8-23)19-24(34)30-18-21-9-11-22(29)12-10-21/h4-12H,13-20H2,1-3H3,(H,30,34). The molecule has 192 valence electrons. The number of nitrogens with zero attached hydrogens (tertiary/aromatic N) is 3. The molecule has 4 rings (SSSR count). The SMILES string of the molecule is CC(C)(C)CC(=O)N1CCC2(CC1)C(=O)N(CC(=O)NCc1ccc(F)cc1)CN2c1ccccc1. The van der Waals surface area contributed by atoms with E-state index >= 15 is 0 Å². The fourth-order valence-electron chi connectivity index (χ4n) is 5.05. The second-order valence-electron chi connectivity index (χ2n) is 11.0. The van der Waals surface area contributed by atoms with Crippen molar-refractivity contribution < 1.29 is 18.8 Å². The Bertz CT molecular complexity index is 1090. The molecule has 2 aromatic rings. The van der Waals surface area contributed by atoms with Crippen molar-refractivity contribution in [1.82, 2.24) is 15.1 Å². The Labute approximate surface area is 212 Å². The molecule has 0 bridgehead atoms. The van der Waals surface area contributed by atoms with Crippen LogP contribution in [0, 0.1) is 11.2 Å². The molecule has 0 radical (unpaired) electrons. The van der Waals surface area contributed by atoms with E-state index in [4.69, 9.17) is 0 Å². The van der Waals surface area contributed by atoms with Gasteiger partial charge in [0, 0.05) is 31.7 Å². The summed E-state index contributed by atoms with van der Waals surface area (Å²) < 4.78 is 13.1. The van der Waals surface area contributed by atoms with Crippen LogP contribution in [0.1, 0.15) is 45.6 Å². The highest BCUT2D eigenvalue weighted by molar-refractivity contribution is 5.96. The van der Waals surface area contributed by atoms with Crippen LogP contribution in [-0.2, 0) is 20.9 Å². The summed E-state index contributed by atoms with van der Waals surface area (Å²) in [4.78, 5) is 44.9. The number of para-hydroxylation sites is 1. The zero-order valence-corrected chi connectivity index (χ0v) is 21.3. The minimum Gasteiger partial charge on any atom is -0.350 e. The van der Waals surface area contributed by atoms with Crippen LogP contribution < -0.4 is 10.2 Å². The second-order valence-corrected chi connectivity index (χ2v) is 11.0. The third kappa shape index (κ3) is 5.69. The van der Waals surface area contributed by atoms with Crippen LogP contribution in [0.15, 0.2) is 54.6 Å². The molecule has 1 spiro atoms. The molecular formula is C28H35FN4O3. The molecule has 3 amide bonds. The summed E-state index contributed by atoms with van der Waals surface area (Å²) in [5.74, 6) is -0.557. The van der Waals surface area contributed by atoms with Crippen LogP contribution >= 0.6 is 0 Å². The molecule has 0 unspecified atom stereocenters. The average molecular weight is 495 g/mol. The van der Waals surface area contributed by atoms with Gasteiger partial charge in [-0.15, -0.1) is 0 Å². The first kappa shape index (κ1) is 25.7. The molecule has 7 nitrogen and oxygen atoms in total. The van der Waals surface area contributed by atoms with Gasteiger partial charge in [0.15, 0.2) is 0 Å². The van der Waals surface area contributed by atoms with Crippen molar-refractivity contribution in [3.8, 4) is 0 Å². The van der Waals surface area contributed by atoms with Gasteiger partial charge in [-0.3, -0.25) is 14.4 Å². The van der Waals surface area contributed by atoms with Gasteiger partial charge in [-0.05, 0) is 48.1 Å². The first-order valence-electron chi connectivity index (χ1n) is 12.5. The normalized spacial score (nSPS) is 17.6. The van der Waals surface area contributed by atoms with Crippen LogP contribution in [0.2, 0.25) is 0 Å². The summed E-state index contributed by atoms with van der Waals surface area (Å²) in [6.45, 7) is 7.68.